The van der Waals surface area contributed by atoms with E-state index in [1.807, 2.05) is 18.2 Å². The summed E-state index contributed by atoms with van der Waals surface area (Å²) in [5.74, 6) is -0.0241. The van der Waals surface area contributed by atoms with Crippen LogP contribution in [0.2, 0.25) is 0 Å². The average Bonchev–Trinajstić information content (AvgIpc) is 2.31. The van der Waals surface area contributed by atoms with E-state index < -0.39 is 5.97 Å². The predicted molar refractivity (Wildman–Crippen MR) is 67.1 cm³/mol. The van der Waals surface area contributed by atoms with Crippen molar-refractivity contribution < 1.29 is 14.6 Å². The van der Waals surface area contributed by atoms with Gasteiger partial charge in [-0.1, -0.05) is 30.3 Å². The van der Waals surface area contributed by atoms with Gasteiger partial charge in [0.2, 0.25) is 0 Å². The molecule has 0 bridgehead atoms. The Hall–Kier alpha value is -1.29. The van der Waals surface area contributed by atoms with Gasteiger partial charge >= 0.3 is 35.5 Å². The van der Waals surface area contributed by atoms with Crippen molar-refractivity contribution in [3.63, 3.8) is 0 Å². The summed E-state index contributed by atoms with van der Waals surface area (Å²) in [6.45, 7) is 0. The number of hydrogen-bond acceptors (Lipinski definition) is 2. The number of carboxylic acids is 1. The summed E-state index contributed by atoms with van der Waals surface area (Å²) in [6, 6.07) is 15.6. The van der Waals surface area contributed by atoms with E-state index in [-0.39, 0.29) is 35.1 Å². The van der Waals surface area contributed by atoms with Crippen molar-refractivity contribution in [3.8, 4) is 11.5 Å². The molecule has 4 heteroatoms. The number of carbonyl (C=O) groups is 1. The molecule has 17 heavy (non-hydrogen) atoms. The van der Waals surface area contributed by atoms with Crippen LogP contribution in [0.4, 0.5) is 0 Å². The monoisotopic (exact) mass is 238 g/mol. The summed E-state index contributed by atoms with van der Waals surface area (Å²) in [5.41, 5.74) is 0.159. The summed E-state index contributed by atoms with van der Waals surface area (Å²) in [5, 5.41) is 8.96. The molecule has 0 heterocycles. The first-order chi connectivity index (χ1) is 7.77. The van der Waals surface area contributed by atoms with E-state index in [0.29, 0.717) is 11.5 Å². The van der Waals surface area contributed by atoms with E-state index in [1.165, 1.54) is 6.07 Å². The van der Waals surface area contributed by atoms with Crippen molar-refractivity contribution in [2.45, 2.75) is 0 Å². The zero-order valence-corrected chi connectivity index (χ0v) is 8.46. The third-order valence-corrected chi connectivity index (χ3v) is 2.09. The molecular weight excluding hydrogens is 227 g/mol. The van der Waals surface area contributed by atoms with Crippen LogP contribution in [0.1, 0.15) is 10.4 Å². The Morgan fingerprint density at radius 1 is 0.941 bits per heavy atom. The summed E-state index contributed by atoms with van der Waals surface area (Å²) in [7, 11) is 0. The Balaban J connectivity index is 0.00000144. The third kappa shape index (κ3) is 3.60. The fraction of sp³-hybridized carbons (Fsp3) is 0. The van der Waals surface area contributed by atoms with Crippen LogP contribution < -0.4 is 4.74 Å². The van der Waals surface area contributed by atoms with Crippen LogP contribution in [0.15, 0.2) is 54.6 Å². The molecule has 0 aliphatic rings. The van der Waals surface area contributed by atoms with Crippen molar-refractivity contribution >= 4 is 35.5 Å². The number of ether oxygens (including phenoxy) is 1. The first kappa shape index (κ1) is 13.8. The molecule has 0 atom stereocenters. The molecule has 0 radical (unpaired) electrons. The molecule has 3 nitrogen and oxygen atoms in total. The molecule has 2 aromatic carbocycles. The van der Waals surface area contributed by atoms with Crippen molar-refractivity contribution in [2.24, 2.45) is 0 Å². The Kier molecular flexibility index (Phi) is 5.22. The molecule has 2 rings (SSSR count). The van der Waals surface area contributed by atoms with Gasteiger partial charge < -0.3 is 9.84 Å². The molecule has 0 amide bonds. The van der Waals surface area contributed by atoms with Crippen LogP contribution in [0.5, 0.6) is 11.5 Å². The molecular formula is C13H11NaO3. The van der Waals surface area contributed by atoms with Gasteiger partial charge in [0.1, 0.15) is 17.1 Å². The summed E-state index contributed by atoms with van der Waals surface area (Å²) >= 11 is 0. The van der Waals surface area contributed by atoms with Gasteiger partial charge in [-0.2, -0.15) is 0 Å². The Bertz CT molecular complexity index is 497. The van der Waals surface area contributed by atoms with Gasteiger partial charge in [0, 0.05) is 0 Å². The van der Waals surface area contributed by atoms with E-state index in [4.69, 9.17) is 9.84 Å². The molecule has 0 aliphatic heterocycles. The van der Waals surface area contributed by atoms with Gasteiger partial charge in [0.15, 0.2) is 0 Å². The van der Waals surface area contributed by atoms with Crippen LogP contribution in [-0.2, 0) is 0 Å². The van der Waals surface area contributed by atoms with Gasteiger partial charge in [-0.3, -0.25) is 0 Å². The molecule has 0 fully saturated rings. The number of carboxylic acid groups (broad SMARTS) is 1. The standard InChI is InChI=1S/C13H10O3.Na.H/c14-13(15)11-8-4-5-9-12(11)16-10-6-2-1-3-7-10;;/h1-9H,(H,14,15);;. The van der Waals surface area contributed by atoms with Crippen LogP contribution >= 0.6 is 0 Å². The van der Waals surface area contributed by atoms with Crippen LogP contribution in [0.25, 0.3) is 0 Å². The van der Waals surface area contributed by atoms with Crippen molar-refractivity contribution in [3.05, 3.63) is 60.2 Å². The van der Waals surface area contributed by atoms with Gasteiger partial charge in [-0.25, -0.2) is 4.79 Å². The van der Waals surface area contributed by atoms with Crippen LogP contribution in [0.3, 0.4) is 0 Å². The Morgan fingerprint density at radius 2 is 1.53 bits per heavy atom. The fourth-order valence-electron chi connectivity index (χ4n) is 1.35. The molecule has 82 valence electrons. The minimum absolute atomic E-state index is 0. The molecule has 1 N–H and O–H groups in total. The normalized spacial score (nSPS) is 9.18. The Morgan fingerprint density at radius 3 is 2.18 bits per heavy atom. The molecule has 0 saturated carbocycles. The van der Waals surface area contributed by atoms with E-state index in [1.54, 1.807) is 30.3 Å². The molecule has 0 saturated heterocycles. The number of aromatic carboxylic acids is 1. The van der Waals surface area contributed by atoms with Crippen molar-refractivity contribution in [1.82, 2.24) is 0 Å². The van der Waals surface area contributed by atoms with E-state index in [2.05, 4.69) is 0 Å². The van der Waals surface area contributed by atoms with E-state index in [9.17, 15) is 4.79 Å². The van der Waals surface area contributed by atoms with Crippen molar-refractivity contribution in [2.75, 3.05) is 0 Å². The van der Waals surface area contributed by atoms with Gasteiger partial charge in [-0.05, 0) is 24.3 Å². The Labute approximate surface area is 121 Å². The fourth-order valence-corrected chi connectivity index (χ4v) is 1.35. The van der Waals surface area contributed by atoms with E-state index in [0.717, 1.165) is 0 Å². The van der Waals surface area contributed by atoms with Gasteiger partial charge in [0.25, 0.3) is 0 Å². The number of para-hydroxylation sites is 2. The molecule has 0 unspecified atom stereocenters. The van der Waals surface area contributed by atoms with Crippen LogP contribution in [-0.4, -0.2) is 40.6 Å². The maximum absolute atomic E-state index is 10.9. The SMILES string of the molecule is O=C(O)c1ccccc1Oc1ccccc1.[NaH]. The molecule has 2 aromatic rings. The first-order valence-corrected chi connectivity index (χ1v) is 4.82. The number of benzene rings is 2. The second kappa shape index (κ2) is 6.45. The molecule has 0 aromatic heterocycles. The third-order valence-electron chi connectivity index (χ3n) is 2.09. The number of rotatable bonds is 3. The maximum atomic E-state index is 10.9. The molecule has 0 aliphatic carbocycles. The van der Waals surface area contributed by atoms with Crippen LogP contribution in [0, 0.1) is 0 Å². The summed E-state index contributed by atoms with van der Waals surface area (Å²) in [4.78, 5) is 10.9. The second-order valence-electron chi connectivity index (χ2n) is 3.22. The van der Waals surface area contributed by atoms with E-state index >= 15 is 0 Å². The predicted octanol–water partition coefficient (Wildman–Crippen LogP) is 2.53. The van der Waals surface area contributed by atoms with Crippen molar-refractivity contribution in [1.29, 1.82) is 0 Å². The zero-order valence-electron chi connectivity index (χ0n) is 8.46. The summed E-state index contributed by atoms with van der Waals surface area (Å²) < 4.78 is 5.49. The minimum atomic E-state index is -0.994. The first-order valence-electron chi connectivity index (χ1n) is 4.82. The number of hydrogen-bond donors (Lipinski definition) is 1. The van der Waals surface area contributed by atoms with Gasteiger partial charge in [0.05, 0.1) is 0 Å². The van der Waals surface area contributed by atoms with Gasteiger partial charge in [-0.15, -0.1) is 0 Å². The average molecular weight is 238 g/mol. The quantitative estimate of drug-likeness (QED) is 0.836. The topological polar surface area (TPSA) is 46.5 Å². The molecule has 0 spiro atoms. The zero-order chi connectivity index (χ0) is 11.4. The summed E-state index contributed by atoms with van der Waals surface area (Å²) in [6.07, 6.45) is 0. The second-order valence-corrected chi connectivity index (χ2v) is 3.22.